The average molecular weight is 168 g/mol. The van der Waals surface area contributed by atoms with Crippen molar-refractivity contribution in [1.29, 1.82) is 0 Å². The zero-order chi connectivity index (χ0) is 9.61. The first-order valence-corrected chi connectivity index (χ1v) is 3.82. The molecule has 0 rings (SSSR count). The number of hydrogen-bond acceptors (Lipinski definition) is 2. The van der Waals surface area contributed by atoms with Crippen LogP contribution in [0.4, 0.5) is 0 Å². The molecular weight excluding hydrogens is 152 g/mol. The third kappa shape index (κ3) is 2.64. The predicted molar refractivity (Wildman–Crippen MR) is 51.0 cm³/mol. The quantitative estimate of drug-likeness (QED) is 0.611. The minimum atomic E-state index is -1.15. The molecule has 0 amide bonds. The monoisotopic (exact) mass is 168 g/mol. The summed E-state index contributed by atoms with van der Waals surface area (Å²) in [5, 5.41) is 9.73. The maximum absolute atomic E-state index is 9.73. The third-order valence-electron chi connectivity index (χ3n) is 1.77. The van der Waals surface area contributed by atoms with Crippen molar-refractivity contribution in [2.75, 3.05) is 6.61 Å². The van der Waals surface area contributed by atoms with E-state index < -0.39 is 5.60 Å². The van der Waals surface area contributed by atoms with E-state index in [9.17, 15) is 5.11 Å². The maximum Gasteiger partial charge on any atom is 0.126 e. The summed E-state index contributed by atoms with van der Waals surface area (Å²) in [6.45, 7) is 12.7. The van der Waals surface area contributed by atoms with Gasteiger partial charge in [0.05, 0.1) is 12.7 Å². The molecule has 12 heavy (non-hydrogen) atoms. The zero-order valence-electron chi connectivity index (χ0n) is 7.49. The van der Waals surface area contributed by atoms with E-state index >= 15 is 0 Å². The first kappa shape index (κ1) is 11.1. The largest absolute Gasteiger partial charge is 0.379 e. The van der Waals surface area contributed by atoms with Gasteiger partial charge in [-0.2, -0.15) is 0 Å². The van der Waals surface area contributed by atoms with Crippen molar-refractivity contribution in [2.24, 2.45) is 0 Å². The van der Waals surface area contributed by atoms with Crippen molar-refractivity contribution in [1.82, 2.24) is 0 Å². The summed E-state index contributed by atoms with van der Waals surface area (Å²) >= 11 is 0. The van der Waals surface area contributed by atoms with Crippen molar-refractivity contribution in [3.63, 3.8) is 0 Å². The van der Waals surface area contributed by atoms with E-state index in [4.69, 9.17) is 4.74 Å². The highest BCUT2D eigenvalue weighted by atomic mass is 16.5. The Balaban J connectivity index is 4.20. The second kappa shape index (κ2) is 4.91. The molecule has 0 aromatic rings. The summed E-state index contributed by atoms with van der Waals surface area (Å²) in [4.78, 5) is 0. The summed E-state index contributed by atoms with van der Waals surface area (Å²) < 4.78 is 5.23. The van der Waals surface area contributed by atoms with Crippen LogP contribution in [0.25, 0.3) is 0 Å². The fourth-order valence-corrected chi connectivity index (χ4v) is 0.761. The molecule has 2 heteroatoms. The van der Waals surface area contributed by atoms with Crippen molar-refractivity contribution in [2.45, 2.75) is 18.6 Å². The van der Waals surface area contributed by atoms with Gasteiger partial charge in [0.1, 0.15) is 5.60 Å². The smallest absolute Gasteiger partial charge is 0.126 e. The minimum absolute atomic E-state index is 0.356. The summed E-state index contributed by atoms with van der Waals surface area (Å²) in [6.07, 6.45) is 4.09. The fraction of sp³-hybridized carbons (Fsp3) is 0.400. The minimum Gasteiger partial charge on any atom is -0.379 e. The van der Waals surface area contributed by atoms with E-state index in [0.29, 0.717) is 6.61 Å². The van der Waals surface area contributed by atoms with Gasteiger partial charge >= 0.3 is 0 Å². The average Bonchev–Trinajstić information content (AvgIpc) is 2.12. The lowest BCUT2D eigenvalue weighted by molar-refractivity contribution is -0.0349. The van der Waals surface area contributed by atoms with Crippen LogP contribution < -0.4 is 0 Å². The molecule has 0 saturated carbocycles. The summed E-state index contributed by atoms with van der Waals surface area (Å²) in [5.41, 5.74) is -1.15. The van der Waals surface area contributed by atoms with Gasteiger partial charge in [0.2, 0.25) is 0 Å². The normalized spacial score (nSPS) is 13.5. The second-order valence-corrected chi connectivity index (χ2v) is 2.56. The Morgan fingerprint density at radius 1 is 1.42 bits per heavy atom. The molecule has 0 aromatic carbocycles. The zero-order valence-corrected chi connectivity index (χ0v) is 7.49. The maximum atomic E-state index is 9.73. The van der Waals surface area contributed by atoms with Crippen molar-refractivity contribution >= 4 is 0 Å². The van der Waals surface area contributed by atoms with Crippen LogP contribution >= 0.6 is 0 Å². The van der Waals surface area contributed by atoms with Gasteiger partial charge in [-0.25, -0.2) is 0 Å². The van der Waals surface area contributed by atoms with Crippen molar-refractivity contribution < 1.29 is 9.84 Å². The lowest BCUT2D eigenvalue weighted by Crippen LogP contribution is -2.37. The van der Waals surface area contributed by atoms with Gasteiger partial charge in [0, 0.05) is 0 Å². The van der Waals surface area contributed by atoms with Crippen LogP contribution in [0, 0.1) is 0 Å². The molecule has 0 aliphatic carbocycles. The molecule has 0 aliphatic rings. The van der Waals surface area contributed by atoms with Gasteiger partial charge in [0.15, 0.2) is 0 Å². The fourth-order valence-electron chi connectivity index (χ4n) is 0.761. The predicted octanol–water partition coefficient (Wildman–Crippen LogP) is 1.68. The molecular formula is C10H16O2. The highest BCUT2D eigenvalue weighted by Crippen LogP contribution is 2.16. The van der Waals surface area contributed by atoms with Crippen LogP contribution in [-0.4, -0.2) is 23.4 Å². The topological polar surface area (TPSA) is 29.5 Å². The Labute approximate surface area is 73.9 Å². The number of aliphatic hydroxyl groups is 1. The first-order valence-electron chi connectivity index (χ1n) is 3.82. The Hall–Kier alpha value is -0.860. The highest BCUT2D eigenvalue weighted by Gasteiger charge is 2.26. The molecule has 0 aliphatic heterocycles. The number of ether oxygens (including phenoxy) is 1. The van der Waals surface area contributed by atoms with Crippen LogP contribution in [0.1, 0.15) is 6.92 Å². The number of hydrogen-bond donors (Lipinski definition) is 1. The van der Waals surface area contributed by atoms with Crippen LogP contribution in [0.15, 0.2) is 38.0 Å². The standard InChI is InChI=1S/C10H16O2/c1-5-8-12-9(4)10(11,6-2)7-3/h5-7,9,11H,1-3,8H2,4H3/t9-/m0/s1. The summed E-state index contributed by atoms with van der Waals surface area (Å²) in [7, 11) is 0. The van der Waals surface area contributed by atoms with Gasteiger partial charge in [-0.15, -0.1) is 6.58 Å². The van der Waals surface area contributed by atoms with Gasteiger partial charge in [-0.3, -0.25) is 0 Å². The van der Waals surface area contributed by atoms with E-state index in [1.54, 1.807) is 13.0 Å². The first-order chi connectivity index (χ1) is 5.60. The molecule has 68 valence electrons. The van der Waals surface area contributed by atoms with Crippen LogP contribution in [0.3, 0.4) is 0 Å². The van der Waals surface area contributed by atoms with E-state index in [0.717, 1.165) is 0 Å². The lowest BCUT2D eigenvalue weighted by atomic mass is 9.98. The van der Waals surface area contributed by atoms with Crippen molar-refractivity contribution in [3.05, 3.63) is 38.0 Å². The van der Waals surface area contributed by atoms with Crippen molar-refractivity contribution in [3.8, 4) is 0 Å². The van der Waals surface area contributed by atoms with Crippen LogP contribution in [-0.2, 0) is 4.74 Å². The molecule has 0 heterocycles. The Morgan fingerprint density at radius 3 is 2.25 bits per heavy atom. The van der Waals surface area contributed by atoms with Gasteiger partial charge < -0.3 is 9.84 Å². The van der Waals surface area contributed by atoms with Gasteiger partial charge in [-0.05, 0) is 6.92 Å². The summed E-state index contributed by atoms with van der Waals surface area (Å²) in [5.74, 6) is 0. The van der Waals surface area contributed by atoms with E-state index in [1.807, 2.05) is 0 Å². The van der Waals surface area contributed by atoms with E-state index in [2.05, 4.69) is 19.7 Å². The van der Waals surface area contributed by atoms with Crippen LogP contribution in [0.5, 0.6) is 0 Å². The molecule has 0 radical (unpaired) electrons. The molecule has 2 nitrogen and oxygen atoms in total. The lowest BCUT2D eigenvalue weighted by Gasteiger charge is -2.27. The Bertz CT molecular complexity index is 165. The SMILES string of the molecule is C=CCO[C@@H](C)C(O)(C=C)C=C. The molecule has 0 fully saturated rings. The Kier molecular flexibility index (Phi) is 4.55. The molecule has 0 bridgehead atoms. The van der Waals surface area contributed by atoms with Gasteiger partial charge in [-0.1, -0.05) is 31.4 Å². The molecule has 1 N–H and O–H groups in total. The van der Waals surface area contributed by atoms with E-state index in [-0.39, 0.29) is 6.10 Å². The molecule has 0 saturated heterocycles. The highest BCUT2D eigenvalue weighted by molar-refractivity contribution is 5.11. The summed E-state index contributed by atoms with van der Waals surface area (Å²) in [6, 6.07) is 0. The molecule has 0 spiro atoms. The second-order valence-electron chi connectivity index (χ2n) is 2.56. The molecule has 0 unspecified atom stereocenters. The Morgan fingerprint density at radius 2 is 1.92 bits per heavy atom. The number of rotatable bonds is 6. The molecule has 1 atom stereocenters. The third-order valence-corrected chi connectivity index (χ3v) is 1.77. The molecule has 0 aromatic heterocycles. The van der Waals surface area contributed by atoms with Gasteiger partial charge in [0.25, 0.3) is 0 Å². The van der Waals surface area contributed by atoms with E-state index in [1.165, 1.54) is 12.2 Å². The van der Waals surface area contributed by atoms with Crippen LogP contribution in [0.2, 0.25) is 0 Å².